The van der Waals surface area contributed by atoms with Gasteiger partial charge in [0.25, 0.3) is 0 Å². The molecule has 33 heavy (non-hydrogen) atoms. The van der Waals surface area contributed by atoms with Crippen LogP contribution in [0.4, 0.5) is 0 Å². The Kier molecular flexibility index (Phi) is 11.9. The molecule has 0 saturated carbocycles. The maximum atomic E-state index is 12.1. The van der Waals surface area contributed by atoms with Crippen LogP contribution >= 0.6 is 24.0 Å². The molecule has 2 aliphatic heterocycles. The quantitative estimate of drug-likeness (QED) is 0.299. The van der Waals surface area contributed by atoms with Gasteiger partial charge in [0.15, 0.2) is 5.96 Å². The van der Waals surface area contributed by atoms with Gasteiger partial charge in [-0.2, -0.15) is 0 Å². The van der Waals surface area contributed by atoms with Crippen molar-refractivity contribution in [1.29, 1.82) is 0 Å². The average molecular weight is 572 g/mol. The first-order valence-electron chi connectivity index (χ1n) is 12.2. The van der Waals surface area contributed by atoms with E-state index in [-0.39, 0.29) is 42.0 Å². The van der Waals surface area contributed by atoms with E-state index in [1.54, 1.807) is 0 Å². The Hall–Kier alpha value is -1.39. The van der Waals surface area contributed by atoms with Crippen LogP contribution in [0.3, 0.4) is 0 Å². The minimum absolute atomic E-state index is 0. The van der Waals surface area contributed by atoms with Gasteiger partial charge in [0.05, 0.1) is 12.6 Å². The molecule has 0 spiro atoms. The van der Waals surface area contributed by atoms with Crippen LogP contribution in [0.1, 0.15) is 50.8 Å². The minimum Gasteiger partial charge on any atom is -0.373 e. The summed E-state index contributed by atoms with van der Waals surface area (Å²) in [6, 6.07) is 8.91. The van der Waals surface area contributed by atoms with Gasteiger partial charge >= 0.3 is 0 Å². The summed E-state index contributed by atoms with van der Waals surface area (Å²) in [7, 11) is 0. The number of hydrogen-bond acceptors (Lipinski definition) is 4. The molecule has 2 fully saturated rings. The van der Waals surface area contributed by atoms with Crippen LogP contribution in [-0.4, -0.2) is 80.1 Å². The first kappa shape index (κ1) is 27.9. The monoisotopic (exact) mass is 571 g/mol. The number of carbonyl (C=O) groups is 1. The molecular formula is C25H42IN5O2. The number of aryl methyl sites for hydroxylation is 1. The van der Waals surface area contributed by atoms with Crippen LogP contribution in [-0.2, 0) is 9.53 Å². The lowest BCUT2D eigenvalue weighted by Crippen LogP contribution is -2.54. The van der Waals surface area contributed by atoms with Crippen molar-refractivity contribution in [2.24, 2.45) is 10.9 Å². The van der Waals surface area contributed by atoms with Crippen molar-refractivity contribution in [2.75, 3.05) is 52.4 Å². The second-order valence-corrected chi connectivity index (χ2v) is 9.28. The van der Waals surface area contributed by atoms with Gasteiger partial charge in [-0.1, -0.05) is 29.8 Å². The first-order chi connectivity index (χ1) is 15.5. The SMILES string of the molecule is CCNC(=NCC1CCCOC1c1ccc(C)cc1)N1CCN(CC(=O)NC(C)C)CC1.I. The number of nitrogens with one attached hydrogen (secondary N) is 2. The van der Waals surface area contributed by atoms with Crippen LogP contribution in [0.25, 0.3) is 0 Å². The fourth-order valence-corrected chi connectivity index (χ4v) is 4.47. The molecule has 2 N–H and O–H groups in total. The molecule has 1 aromatic rings. The number of amides is 1. The highest BCUT2D eigenvalue weighted by atomic mass is 127. The number of hydrogen-bond donors (Lipinski definition) is 2. The highest BCUT2D eigenvalue weighted by molar-refractivity contribution is 14.0. The first-order valence-corrected chi connectivity index (χ1v) is 12.2. The van der Waals surface area contributed by atoms with Crippen molar-refractivity contribution in [3.8, 4) is 0 Å². The van der Waals surface area contributed by atoms with Gasteiger partial charge in [0.2, 0.25) is 5.91 Å². The van der Waals surface area contributed by atoms with Crippen LogP contribution in [0.5, 0.6) is 0 Å². The molecule has 7 nitrogen and oxygen atoms in total. The third-order valence-corrected chi connectivity index (χ3v) is 6.15. The second kappa shape index (κ2) is 14.1. The van der Waals surface area contributed by atoms with Crippen LogP contribution < -0.4 is 10.6 Å². The largest absolute Gasteiger partial charge is 0.373 e. The molecule has 8 heteroatoms. The highest BCUT2D eigenvalue weighted by Crippen LogP contribution is 2.34. The van der Waals surface area contributed by atoms with E-state index in [1.807, 2.05) is 13.8 Å². The Morgan fingerprint density at radius 3 is 2.52 bits per heavy atom. The maximum absolute atomic E-state index is 12.1. The molecule has 2 unspecified atom stereocenters. The van der Waals surface area contributed by atoms with E-state index in [9.17, 15) is 4.79 Å². The van der Waals surface area contributed by atoms with Crippen molar-refractivity contribution < 1.29 is 9.53 Å². The fourth-order valence-electron chi connectivity index (χ4n) is 4.47. The van der Waals surface area contributed by atoms with E-state index in [0.717, 1.165) is 64.7 Å². The minimum atomic E-state index is 0. The van der Waals surface area contributed by atoms with Gasteiger partial charge < -0.3 is 20.3 Å². The number of guanidine groups is 1. The molecule has 1 amide bonds. The third-order valence-electron chi connectivity index (χ3n) is 6.15. The molecule has 2 saturated heterocycles. The van der Waals surface area contributed by atoms with E-state index in [1.165, 1.54) is 11.1 Å². The molecule has 0 bridgehead atoms. The van der Waals surface area contributed by atoms with Gasteiger partial charge in [-0.3, -0.25) is 14.7 Å². The van der Waals surface area contributed by atoms with E-state index in [2.05, 4.69) is 58.5 Å². The standard InChI is InChI=1S/C25H41N5O2.HI/c1-5-26-25(30-14-12-29(13-15-30)18-23(31)28-19(2)3)27-17-22-7-6-16-32-24(22)21-10-8-20(4)9-11-21;/h8-11,19,22,24H,5-7,12-18H2,1-4H3,(H,26,27)(H,28,31);1H. The summed E-state index contributed by atoms with van der Waals surface area (Å²) < 4.78 is 6.18. The molecule has 1 aromatic carbocycles. The smallest absolute Gasteiger partial charge is 0.234 e. The summed E-state index contributed by atoms with van der Waals surface area (Å²) in [5.74, 6) is 1.47. The van der Waals surface area contributed by atoms with Crippen LogP contribution in [0.2, 0.25) is 0 Å². The van der Waals surface area contributed by atoms with Crippen molar-refractivity contribution in [2.45, 2.75) is 52.7 Å². The predicted molar refractivity (Wildman–Crippen MR) is 145 cm³/mol. The lowest BCUT2D eigenvalue weighted by molar-refractivity contribution is -0.123. The van der Waals surface area contributed by atoms with E-state index in [4.69, 9.17) is 9.73 Å². The molecule has 0 aliphatic carbocycles. The topological polar surface area (TPSA) is 69.2 Å². The summed E-state index contributed by atoms with van der Waals surface area (Å²) >= 11 is 0. The van der Waals surface area contributed by atoms with E-state index < -0.39 is 0 Å². The van der Waals surface area contributed by atoms with Gasteiger partial charge in [0.1, 0.15) is 0 Å². The number of carbonyl (C=O) groups excluding carboxylic acids is 1. The number of benzene rings is 1. The highest BCUT2D eigenvalue weighted by Gasteiger charge is 2.28. The van der Waals surface area contributed by atoms with E-state index in [0.29, 0.717) is 12.5 Å². The fraction of sp³-hybridized carbons (Fsp3) is 0.680. The predicted octanol–water partition coefficient (Wildman–Crippen LogP) is 3.19. The number of ether oxygens (including phenoxy) is 1. The van der Waals surface area contributed by atoms with Gasteiger partial charge in [-0.25, -0.2) is 0 Å². The third kappa shape index (κ3) is 8.72. The molecule has 0 radical (unpaired) electrons. The Balaban J connectivity index is 0.00000385. The Bertz CT molecular complexity index is 748. The van der Waals surface area contributed by atoms with Crippen molar-refractivity contribution in [3.63, 3.8) is 0 Å². The Morgan fingerprint density at radius 2 is 1.88 bits per heavy atom. The molecule has 2 heterocycles. The lowest BCUT2D eigenvalue weighted by Gasteiger charge is -2.37. The molecule has 2 atom stereocenters. The molecular weight excluding hydrogens is 529 g/mol. The molecule has 2 aliphatic rings. The normalized spacial score (nSPS) is 22.1. The number of nitrogens with zero attached hydrogens (tertiary/aromatic N) is 3. The summed E-state index contributed by atoms with van der Waals surface area (Å²) in [4.78, 5) is 21.6. The summed E-state index contributed by atoms with van der Waals surface area (Å²) in [6.07, 6.45) is 2.35. The Labute approximate surface area is 216 Å². The average Bonchev–Trinajstić information content (AvgIpc) is 2.77. The number of aliphatic imine (C=N–C) groups is 1. The second-order valence-electron chi connectivity index (χ2n) is 9.28. The zero-order valence-electron chi connectivity index (χ0n) is 20.7. The maximum Gasteiger partial charge on any atom is 0.234 e. The number of halogens is 1. The molecule has 0 aromatic heterocycles. The molecule has 3 rings (SSSR count). The van der Waals surface area contributed by atoms with Crippen LogP contribution in [0.15, 0.2) is 29.3 Å². The van der Waals surface area contributed by atoms with Crippen molar-refractivity contribution in [3.05, 3.63) is 35.4 Å². The lowest BCUT2D eigenvalue weighted by atomic mass is 9.89. The zero-order chi connectivity index (χ0) is 22.9. The summed E-state index contributed by atoms with van der Waals surface area (Å²) in [6.45, 7) is 14.6. The van der Waals surface area contributed by atoms with Crippen LogP contribution in [0, 0.1) is 12.8 Å². The van der Waals surface area contributed by atoms with Crippen molar-refractivity contribution >= 4 is 35.8 Å². The summed E-state index contributed by atoms with van der Waals surface area (Å²) in [5, 5.41) is 6.45. The number of piperazine rings is 1. The summed E-state index contributed by atoms with van der Waals surface area (Å²) in [5.41, 5.74) is 2.53. The Morgan fingerprint density at radius 1 is 1.18 bits per heavy atom. The van der Waals surface area contributed by atoms with E-state index >= 15 is 0 Å². The van der Waals surface area contributed by atoms with Gasteiger partial charge in [0, 0.05) is 57.8 Å². The number of rotatable bonds is 7. The van der Waals surface area contributed by atoms with Gasteiger partial charge in [-0.05, 0) is 46.1 Å². The van der Waals surface area contributed by atoms with Crippen molar-refractivity contribution in [1.82, 2.24) is 20.4 Å². The van der Waals surface area contributed by atoms with Gasteiger partial charge in [-0.15, -0.1) is 24.0 Å². The molecule has 186 valence electrons. The zero-order valence-corrected chi connectivity index (χ0v) is 23.0.